The second kappa shape index (κ2) is 8.36. The van der Waals surface area contributed by atoms with E-state index in [-0.39, 0.29) is 41.3 Å². The van der Waals surface area contributed by atoms with Gasteiger partial charge in [-0.2, -0.15) is 0 Å². The minimum atomic E-state index is -1.85. The highest BCUT2D eigenvalue weighted by atomic mass is 16.5. The first-order valence-corrected chi connectivity index (χ1v) is 9.55. The summed E-state index contributed by atoms with van der Waals surface area (Å²) in [5.74, 6) is -2.03. The molecule has 0 saturated carbocycles. The lowest BCUT2D eigenvalue weighted by molar-refractivity contribution is -0.137. The van der Waals surface area contributed by atoms with Gasteiger partial charge >= 0.3 is 0 Å². The number of rotatable bonds is 7. The molecule has 4 radical (unpaired) electrons. The van der Waals surface area contributed by atoms with Crippen LogP contribution in [-0.4, -0.2) is 41.9 Å². The summed E-state index contributed by atoms with van der Waals surface area (Å²) >= 11 is 0. The van der Waals surface area contributed by atoms with Gasteiger partial charge in [-0.05, 0) is 43.3 Å². The fraction of sp³-hybridized carbons (Fsp3) is 0.524. The molecule has 7 heteroatoms. The quantitative estimate of drug-likeness (QED) is 0.251. The Morgan fingerprint density at radius 2 is 2.04 bits per heavy atom. The molecule has 0 spiro atoms. The van der Waals surface area contributed by atoms with Crippen LogP contribution in [0.4, 0.5) is 0 Å². The van der Waals surface area contributed by atoms with Gasteiger partial charge in [0.1, 0.15) is 27.2 Å². The molecule has 2 atom stereocenters. The lowest BCUT2D eigenvalue weighted by atomic mass is 9.65. The number of hydrogen-bond acceptors (Lipinski definition) is 5. The molecule has 1 aliphatic carbocycles. The number of unbranched alkanes of at least 4 members (excludes halogenated alkanes) is 1. The van der Waals surface area contributed by atoms with Gasteiger partial charge in [0, 0.05) is 23.5 Å². The summed E-state index contributed by atoms with van der Waals surface area (Å²) in [4.78, 5) is 0. The summed E-state index contributed by atoms with van der Waals surface area (Å²) in [5.41, 5.74) is -0.230. The van der Waals surface area contributed by atoms with Gasteiger partial charge in [-0.1, -0.05) is 32.4 Å². The Kier molecular flexibility index (Phi) is 6.74. The van der Waals surface area contributed by atoms with E-state index in [2.05, 4.69) is 6.58 Å². The van der Waals surface area contributed by atoms with Crippen LogP contribution >= 0.6 is 0 Å². The highest BCUT2D eigenvalue weighted by molar-refractivity contribution is 6.37. The van der Waals surface area contributed by atoms with E-state index in [1.807, 2.05) is 6.92 Å². The molecular formula is C21H28B2O5. The molecule has 0 saturated heterocycles. The number of aromatic hydroxyl groups is 1. The standard InChI is InChI=1S/C21H28B2O5/c1-5-7-9-20(23,25)16-17(22)19(28-6-2)15(13(4)18(16)24)14-8-10-21(26,27)12(3)11-14/h6,11,14,24-27H,2,5,7-10H2,1,3-4H3. The fourth-order valence-electron chi connectivity index (χ4n) is 3.84. The average molecular weight is 382 g/mol. The molecule has 1 aromatic carbocycles. The van der Waals surface area contributed by atoms with Crippen molar-refractivity contribution in [1.29, 1.82) is 0 Å². The van der Waals surface area contributed by atoms with Crippen LogP contribution in [0.1, 0.15) is 68.6 Å². The van der Waals surface area contributed by atoms with Crippen LogP contribution in [0.2, 0.25) is 0 Å². The largest absolute Gasteiger partial charge is 0.507 e. The van der Waals surface area contributed by atoms with Crippen LogP contribution in [0.3, 0.4) is 0 Å². The van der Waals surface area contributed by atoms with Crippen molar-refractivity contribution in [1.82, 2.24) is 0 Å². The maximum absolute atomic E-state index is 10.9. The van der Waals surface area contributed by atoms with Crippen molar-refractivity contribution in [2.75, 3.05) is 0 Å². The summed E-state index contributed by atoms with van der Waals surface area (Å²) < 4.78 is 5.59. The minimum Gasteiger partial charge on any atom is -0.507 e. The number of allylic oxidation sites excluding steroid dienone is 1. The SMILES string of the molecule is [B]c1c(OC=C)c(C2C=C(C)C(O)(O)CC2)c(C)c(O)c1C([B])(O)CCCC. The van der Waals surface area contributed by atoms with Crippen molar-refractivity contribution >= 4 is 21.2 Å². The zero-order valence-electron chi connectivity index (χ0n) is 16.8. The predicted molar refractivity (Wildman–Crippen MR) is 111 cm³/mol. The summed E-state index contributed by atoms with van der Waals surface area (Å²) in [7, 11) is 12.4. The smallest absolute Gasteiger partial charge is 0.185 e. The maximum Gasteiger partial charge on any atom is 0.185 e. The van der Waals surface area contributed by atoms with Crippen molar-refractivity contribution < 1.29 is 25.2 Å². The van der Waals surface area contributed by atoms with Gasteiger partial charge in [0.15, 0.2) is 5.79 Å². The molecule has 1 aliphatic rings. The Hall–Kier alpha value is -1.69. The third kappa shape index (κ3) is 4.17. The number of phenolic OH excluding ortho intramolecular Hbond substituents is 1. The number of aliphatic hydroxyl groups is 3. The summed E-state index contributed by atoms with van der Waals surface area (Å²) in [6.07, 6.45) is 5.21. The first-order chi connectivity index (χ1) is 13.0. The second-order valence-electron chi connectivity index (χ2n) is 7.63. The first kappa shape index (κ1) is 22.6. The second-order valence-corrected chi connectivity index (χ2v) is 7.63. The van der Waals surface area contributed by atoms with Gasteiger partial charge in [0.25, 0.3) is 0 Å². The van der Waals surface area contributed by atoms with E-state index in [1.165, 1.54) is 6.26 Å². The Bertz CT molecular complexity index is 784. The lowest BCUT2D eigenvalue weighted by Crippen LogP contribution is -2.35. The van der Waals surface area contributed by atoms with Gasteiger partial charge in [-0.3, -0.25) is 0 Å². The summed E-state index contributed by atoms with van der Waals surface area (Å²) in [6.45, 7) is 8.89. The molecule has 5 nitrogen and oxygen atoms in total. The minimum absolute atomic E-state index is 0.0363. The normalized spacial score (nSPS) is 20.9. The van der Waals surface area contributed by atoms with E-state index < -0.39 is 11.3 Å². The van der Waals surface area contributed by atoms with E-state index in [0.29, 0.717) is 29.5 Å². The highest BCUT2D eigenvalue weighted by Gasteiger charge is 2.36. The summed E-state index contributed by atoms with van der Waals surface area (Å²) in [6, 6.07) is 0. The Labute approximate surface area is 169 Å². The van der Waals surface area contributed by atoms with E-state index in [9.17, 15) is 20.4 Å². The van der Waals surface area contributed by atoms with Gasteiger partial charge < -0.3 is 25.2 Å². The predicted octanol–water partition coefficient (Wildman–Crippen LogP) is 2.03. The molecule has 4 N–H and O–H groups in total. The zero-order chi connectivity index (χ0) is 21.3. The van der Waals surface area contributed by atoms with Crippen LogP contribution in [0, 0.1) is 6.92 Å². The fourth-order valence-corrected chi connectivity index (χ4v) is 3.84. The number of phenols is 1. The van der Waals surface area contributed by atoms with E-state index in [0.717, 1.165) is 6.42 Å². The van der Waals surface area contributed by atoms with Crippen molar-refractivity contribution in [3.63, 3.8) is 0 Å². The van der Waals surface area contributed by atoms with Crippen LogP contribution in [0.25, 0.3) is 0 Å². The maximum atomic E-state index is 10.9. The van der Waals surface area contributed by atoms with Gasteiger partial charge in [-0.25, -0.2) is 0 Å². The molecule has 2 unspecified atom stereocenters. The molecule has 0 amide bonds. The number of benzene rings is 1. The van der Waals surface area contributed by atoms with E-state index in [4.69, 9.17) is 20.4 Å². The van der Waals surface area contributed by atoms with Crippen molar-refractivity contribution in [2.45, 2.75) is 70.1 Å². The lowest BCUT2D eigenvalue weighted by Gasteiger charge is -2.35. The molecule has 0 aromatic heterocycles. The van der Waals surface area contributed by atoms with Crippen LogP contribution in [-0.2, 0) is 5.50 Å². The van der Waals surface area contributed by atoms with E-state index >= 15 is 0 Å². The Morgan fingerprint density at radius 3 is 2.57 bits per heavy atom. The van der Waals surface area contributed by atoms with Crippen molar-refractivity contribution in [2.24, 2.45) is 0 Å². The molecule has 2 rings (SSSR count). The monoisotopic (exact) mass is 382 g/mol. The summed E-state index contributed by atoms with van der Waals surface area (Å²) in [5, 5.41) is 41.7. The molecule has 28 heavy (non-hydrogen) atoms. The number of ether oxygens (including phenoxy) is 1. The van der Waals surface area contributed by atoms with Gasteiger partial charge in [0.05, 0.1) is 11.8 Å². The molecule has 148 valence electrons. The molecule has 0 aliphatic heterocycles. The zero-order valence-corrected chi connectivity index (χ0v) is 16.8. The van der Waals surface area contributed by atoms with E-state index in [1.54, 1.807) is 19.9 Å². The Morgan fingerprint density at radius 1 is 1.39 bits per heavy atom. The topological polar surface area (TPSA) is 90.2 Å². The molecule has 0 bridgehead atoms. The van der Waals surface area contributed by atoms with Gasteiger partial charge in [-0.15, -0.1) is 0 Å². The third-order valence-corrected chi connectivity index (χ3v) is 5.56. The van der Waals surface area contributed by atoms with Crippen LogP contribution < -0.4 is 10.2 Å². The van der Waals surface area contributed by atoms with Gasteiger partial charge in [0.2, 0.25) is 0 Å². The first-order valence-electron chi connectivity index (χ1n) is 9.55. The number of hydrogen-bond donors (Lipinski definition) is 4. The Balaban J connectivity index is 2.69. The van der Waals surface area contributed by atoms with Crippen molar-refractivity contribution in [3.8, 4) is 11.5 Å². The molecule has 0 heterocycles. The van der Waals surface area contributed by atoms with Crippen LogP contribution in [0.15, 0.2) is 24.5 Å². The molecular weight excluding hydrogens is 354 g/mol. The highest BCUT2D eigenvalue weighted by Crippen LogP contribution is 2.45. The van der Waals surface area contributed by atoms with Crippen LogP contribution in [0.5, 0.6) is 11.5 Å². The molecule has 0 fully saturated rings. The third-order valence-electron chi connectivity index (χ3n) is 5.56. The average Bonchev–Trinajstić information content (AvgIpc) is 2.61. The molecule has 1 aromatic rings. The van der Waals surface area contributed by atoms with Crippen molar-refractivity contribution in [3.05, 3.63) is 41.2 Å².